The van der Waals surface area contributed by atoms with Gasteiger partial charge in [-0.15, -0.1) is 0 Å². The van der Waals surface area contributed by atoms with Crippen LogP contribution in [0.25, 0.3) is 0 Å². The minimum atomic E-state index is -1.29. The molecule has 8 nitrogen and oxygen atoms in total. The van der Waals surface area contributed by atoms with Gasteiger partial charge in [0.25, 0.3) is 0 Å². The first-order valence-corrected chi connectivity index (χ1v) is 11.7. The summed E-state index contributed by atoms with van der Waals surface area (Å²) >= 11 is 2.98. The Labute approximate surface area is 183 Å². The van der Waals surface area contributed by atoms with Crippen molar-refractivity contribution in [2.24, 2.45) is 0 Å². The number of benzene rings is 1. The second kappa shape index (κ2) is 13.9. The topological polar surface area (TPSA) is 149 Å². The molecule has 0 saturated carbocycles. The SMILES string of the molecule is O=C(O)CCSCCCc1ccc(C(=O)O)c(C(=O)O)c1CCCSCCC(=O)O. The third-order valence-electron chi connectivity index (χ3n) is 4.22. The first kappa shape index (κ1) is 25.8. The van der Waals surface area contributed by atoms with Crippen molar-refractivity contribution < 1.29 is 39.6 Å². The normalized spacial score (nSPS) is 10.7. The Morgan fingerprint density at radius 2 is 1.23 bits per heavy atom. The number of rotatable bonds is 16. The van der Waals surface area contributed by atoms with Crippen molar-refractivity contribution in [3.8, 4) is 0 Å². The van der Waals surface area contributed by atoms with E-state index in [0.29, 0.717) is 42.1 Å². The molecule has 0 aliphatic carbocycles. The molecule has 1 rings (SSSR count). The Morgan fingerprint density at radius 1 is 0.700 bits per heavy atom. The molecule has 166 valence electrons. The number of aryl methyl sites for hydroxylation is 1. The maximum Gasteiger partial charge on any atom is 0.336 e. The Kier molecular flexibility index (Phi) is 12.0. The van der Waals surface area contributed by atoms with Crippen LogP contribution in [0.2, 0.25) is 0 Å². The van der Waals surface area contributed by atoms with Gasteiger partial charge in [0.15, 0.2) is 0 Å². The highest BCUT2D eigenvalue weighted by molar-refractivity contribution is 7.99. The molecule has 4 N–H and O–H groups in total. The Balaban J connectivity index is 2.83. The molecule has 10 heteroatoms. The van der Waals surface area contributed by atoms with E-state index in [0.717, 1.165) is 17.7 Å². The fourth-order valence-electron chi connectivity index (χ4n) is 2.87. The van der Waals surface area contributed by atoms with Crippen LogP contribution in [0.1, 0.15) is 57.5 Å². The lowest BCUT2D eigenvalue weighted by atomic mass is 9.91. The van der Waals surface area contributed by atoms with E-state index in [9.17, 15) is 29.4 Å². The van der Waals surface area contributed by atoms with Crippen molar-refractivity contribution in [2.75, 3.05) is 23.0 Å². The molecule has 0 aliphatic heterocycles. The summed E-state index contributed by atoms with van der Waals surface area (Å²) < 4.78 is 0. The van der Waals surface area contributed by atoms with E-state index in [1.165, 1.54) is 29.6 Å². The average molecular weight is 459 g/mol. The number of hydrogen-bond donors (Lipinski definition) is 4. The van der Waals surface area contributed by atoms with Gasteiger partial charge in [-0.05, 0) is 54.4 Å². The van der Waals surface area contributed by atoms with Crippen LogP contribution in [-0.4, -0.2) is 67.3 Å². The summed E-state index contributed by atoms with van der Waals surface area (Å²) in [7, 11) is 0. The Morgan fingerprint density at radius 3 is 1.70 bits per heavy atom. The van der Waals surface area contributed by atoms with E-state index in [-0.39, 0.29) is 24.0 Å². The summed E-state index contributed by atoms with van der Waals surface area (Å²) in [5.74, 6) is -1.94. The smallest absolute Gasteiger partial charge is 0.336 e. The molecule has 0 unspecified atom stereocenters. The molecule has 0 amide bonds. The lowest BCUT2D eigenvalue weighted by molar-refractivity contribution is -0.137. The molecule has 0 aromatic heterocycles. The summed E-state index contributed by atoms with van der Waals surface area (Å²) in [6.07, 6.45) is 2.44. The Bertz CT molecular complexity index is 763. The molecule has 1 aromatic carbocycles. The van der Waals surface area contributed by atoms with Gasteiger partial charge in [0.2, 0.25) is 0 Å². The number of hydrogen-bond acceptors (Lipinski definition) is 6. The molecule has 0 fully saturated rings. The highest BCUT2D eigenvalue weighted by Crippen LogP contribution is 2.24. The van der Waals surface area contributed by atoms with Crippen LogP contribution in [0.5, 0.6) is 0 Å². The van der Waals surface area contributed by atoms with Crippen LogP contribution < -0.4 is 0 Å². The van der Waals surface area contributed by atoms with E-state index in [4.69, 9.17) is 10.2 Å². The maximum absolute atomic E-state index is 11.8. The maximum atomic E-state index is 11.8. The highest BCUT2D eigenvalue weighted by Gasteiger charge is 2.22. The van der Waals surface area contributed by atoms with Crippen LogP contribution in [-0.2, 0) is 22.4 Å². The van der Waals surface area contributed by atoms with Gasteiger partial charge in [0.05, 0.1) is 24.0 Å². The van der Waals surface area contributed by atoms with Crippen molar-refractivity contribution in [1.29, 1.82) is 0 Å². The zero-order valence-electron chi connectivity index (χ0n) is 16.5. The quantitative estimate of drug-likeness (QED) is 0.272. The zero-order valence-corrected chi connectivity index (χ0v) is 18.1. The lowest BCUT2D eigenvalue weighted by Crippen LogP contribution is -2.14. The predicted molar refractivity (Wildman–Crippen MR) is 116 cm³/mol. The summed E-state index contributed by atoms with van der Waals surface area (Å²) in [5.41, 5.74) is 0.869. The number of aliphatic carboxylic acids is 2. The molecule has 0 spiro atoms. The molecule has 0 heterocycles. The van der Waals surface area contributed by atoms with Gasteiger partial charge < -0.3 is 20.4 Å². The fraction of sp³-hybridized carbons (Fsp3) is 0.500. The lowest BCUT2D eigenvalue weighted by Gasteiger charge is -2.15. The van der Waals surface area contributed by atoms with Crippen molar-refractivity contribution in [3.63, 3.8) is 0 Å². The second-order valence-electron chi connectivity index (χ2n) is 6.46. The third kappa shape index (κ3) is 9.53. The monoisotopic (exact) mass is 458 g/mol. The van der Waals surface area contributed by atoms with Crippen LogP contribution in [0, 0.1) is 0 Å². The van der Waals surface area contributed by atoms with Crippen LogP contribution in [0.4, 0.5) is 0 Å². The first-order chi connectivity index (χ1) is 14.2. The standard InChI is InChI=1S/C20H26O8S2/c21-16(22)7-11-29-9-1-3-13-5-6-15(19(25)26)18(20(27)28)14(13)4-2-10-30-12-8-17(23)24/h5-6H,1-4,7-12H2,(H,21,22)(H,23,24)(H,25,26)(H,27,28). The summed E-state index contributed by atoms with van der Waals surface area (Å²) in [6.45, 7) is 0. The molecule has 0 atom stereocenters. The zero-order chi connectivity index (χ0) is 22.5. The fourth-order valence-corrected chi connectivity index (χ4v) is 4.62. The van der Waals surface area contributed by atoms with Crippen molar-refractivity contribution in [2.45, 2.75) is 38.5 Å². The van der Waals surface area contributed by atoms with Gasteiger partial charge in [0.1, 0.15) is 0 Å². The van der Waals surface area contributed by atoms with Gasteiger partial charge in [-0.1, -0.05) is 6.07 Å². The van der Waals surface area contributed by atoms with E-state index in [1.807, 2.05) is 0 Å². The Hall–Kier alpha value is -2.20. The van der Waals surface area contributed by atoms with Gasteiger partial charge >= 0.3 is 23.9 Å². The minimum Gasteiger partial charge on any atom is -0.481 e. The van der Waals surface area contributed by atoms with Crippen molar-refractivity contribution in [3.05, 3.63) is 34.4 Å². The molecule has 0 bridgehead atoms. The number of thioether (sulfide) groups is 2. The summed E-state index contributed by atoms with van der Waals surface area (Å²) in [6, 6.07) is 2.98. The molecule has 0 aliphatic rings. The summed E-state index contributed by atoms with van der Waals surface area (Å²) in [5, 5.41) is 36.3. The predicted octanol–water partition coefficient (Wildman–Crippen LogP) is 3.36. The minimum absolute atomic E-state index is 0.0599. The molecule has 30 heavy (non-hydrogen) atoms. The van der Waals surface area contributed by atoms with Crippen molar-refractivity contribution in [1.82, 2.24) is 0 Å². The van der Waals surface area contributed by atoms with E-state index < -0.39 is 23.9 Å². The van der Waals surface area contributed by atoms with Gasteiger partial charge in [-0.2, -0.15) is 23.5 Å². The number of carbonyl (C=O) groups is 4. The van der Waals surface area contributed by atoms with Crippen LogP contribution in [0.3, 0.4) is 0 Å². The molecular formula is C20H26O8S2. The molecular weight excluding hydrogens is 432 g/mol. The molecule has 0 radical (unpaired) electrons. The van der Waals surface area contributed by atoms with Crippen molar-refractivity contribution >= 4 is 47.4 Å². The van der Waals surface area contributed by atoms with E-state index in [1.54, 1.807) is 6.07 Å². The number of aromatic carboxylic acids is 2. The van der Waals surface area contributed by atoms with Gasteiger partial charge in [-0.3, -0.25) is 9.59 Å². The summed E-state index contributed by atoms with van der Waals surface area (Å²) in [4.78, 5) is 44.4. The average Bonchev–Trinajstić information content (AvgIpc) is 2.66. The number of carboxylic acid groups (broad SMARTS) is 4. The van der Waals surface area contributed by atoms with E-state index in [2.05, 4.69) is 0 Å². The molecule has 0 saturated heterocycles. The molecule has 1 aromatic rings. The van der Waals surface area contributed by atoms with E-state index >= 15 is 0 Å². The van der Waals surface area contributed by atoms with Crippen LogP contribution in [0.15, 0.2) is 12.1 Å². The largest absolute Gasteiger partial charge is 0.481 e. The highest BCUT2D eigenvalue weighted by atomic mass is 32.2. The van der Waals surface area contributed by atoms with Gasteiger partial charge in [0, 0.05) is 11.5 Å². The van der Waals surface area contributed by atoms with Gasteiger partial charge in [-0.25, -0.2) is 9.59 Å². The third-order valence-corrected chi connectivity index (χ3v) is 6.37. The second-order valence-corrected chi connectivity index (χ2v) is 8.90. The number of carboxylic acids is 4. The first-order valence-electron chi connectivity index (χ1n) is 9.44. The van der Waals surface area contributed by atoms with Crippen LogP contribution >= 0.6 is 23.5 Å².